The minimum atomic E-state index is -3.96. The van der Waals surface area contributed by atoms with Gasteiger partial charge in [0, 0.05) is 20.0 Å². The molecule has 3 N–H and O–H groups in total. The second-order valence-corrected chi connectivity index (χ2v) is 7.84. The van der Waals surface area contributed by atoms with Crippen LogP contribution >= 0.6 is 0 Å². The van der Waals surface area contributed by atoms with Crippen molar-refractivity contribution in [3.05, 3.63) is 24.3 Å². The Kier molecular flexibility index (Phi) is 6.43. The lowest BCUT2D eigenvalue weighted by molar-refractivity contribution is -0.141. The number of amides is 2. The van der Waals surface area contributed by atoms with Crippen LogP contribution in [0, 0.1) is 11.8 Å². The predicted octanol–water partition coefficient (Wildman–Crippen LogP) is -0.137. The van der Waals surface area contributed by atoms with Crippen molar-refractivity contribution in [3.63, 3.8) is 0 Å². The topological polar surface area (TPSA) is 125 Å². The van der Waals surface area contributed by atoms with Crippen molar-refractivity contribution < 1.29 is 28.0 Å². The molecule has 9 nitrogen and oxygen atoms in total. The van der Waals surface area contributed by atoms with E-state index in [9.17, 15) is 18.0 Å². The van der Waals surface area contributed by atoms with E-state index in [4.69, 9.17) is 9.94 Å². The Morgan fingerprint density at radius 1 is 1.30 bits per heavy atom. The van der Waals surface area contributed by atoms with E-state index in [0.717, 1.165) is 0 Å². The smallest absolute Gasteiger partial charge is 0.245 e. The molecule has 2 amide bonds. The number of nitrogens with one attached hydrogen (secondary N) is 2. The van der Waals surface area contributed by atoms with Crippen molar-refractivity contribution in [2.24, 2.45) is 0 Å². The summed E-state index contributed by atoms with van der Waals surface area (Å²) in [6.07, 6.45) is -0.302. The Morgan fingerprint density at radius 2 is 1.93 bits per heavy atom. The number of hydrogen-bond acceptors (Lipinski definition) is 6. The number of ether oxygens (including phenoxy) is 1. The molecule has 10 heteroatoms. The minimum absolute atomic E-state index is 0.0125. The van der Waals surface area contributed by atoms with Gasteiger partial charge in [0.15, 0.2) is 0 Å². The van der Waals surface area contributed by atoms with Crippen molar-refractivity contribution in [2.45, 2.75) is 30.7 Å². The zero-order valence-electron chi connectivity index (χ0n) is 15.0. The Bertz CT molecular complexity index is 864. The highest BCUT2D eigenvalue weighted by molar-refractivity contribution is 7.89. The Balaban J connectivity index is 2.14. The average molecular weight is 395 g/mol. The van der Waals surface area contributed by atoms with E-state index in [1.807, 2.05) is 0 Å². The molecule has 146 valence electrons. The Hall–Kier alpha value is -2.61. The molecule has 2 rings (SSSR count). The predicted molar refractivity (Wildman–Crippen MR) is 95.2 cm³/mol. The van der Waals surface area contributed by atoms with Crippen LogP contribution < -0.4 is 14.9 Å². The van der Waals surface area contributed by atoms with Gasteiger partial charge in [-0.15, -0.1) is 5.92 Å². The summed E-state index contributed by atoms with van der Waals surface area (Å²) in [6, 6.07) is 5.75. The third kappa shape index (κ3) is 5.19. The summed E-state index contributed by atoms with van der Waals surface area (Å²) >= 11 is 0. The number of hydrogen-bond donors (Lipinski definition) is 3. The molecule has 1 heterocycles. The molecule has 0 aromatic heterocycles. The van der Waals surface area contributed by atoms with Crippen LogP contribution in [0.4, 0.5) is 0 Å². The second-order valence-electron chi connectivity index (χ2n) is 6.16. The molecule has 1 saturated heterocycles. The summed E-state index contributed by atoms with van der Waals surface area (Å²) in [7, 11) is -3.96. The van der Waals surface area contributed by atoms with E-state index in [0.29, 0.717) is 5.75 Å². The van der Waals surface area contributed by atoms with Crippen LogP contribution in [-0.4, -0.2) is 55.6 Å². The SMILES string of the molecule is CC#CCOc1ccc(S(=O)(=O)NC2(CC(=O)NO)CN(C(C)=O)C2)cc1. The third-order valence-corrected chi connectivity index (χ3v) is 5.62. The maximum Gasteiger partial charge on any atom is 0.245 e. The summed E-state index contributed by atoms with van der Waals surface area (Å²) in [5, 5.41) is 8.75. The summed E-state index contributed by atoms with van der Waals surface area (Å²) in [4.78, 5) is 24.4. The minimum Gasteiger partial charge on any atom is -0.481 e. The molecular formula is C17H21N3O6S. The highest BCUT2D eigenvalue weighted by atomic mass is 32.2. The number of nitrogens with zero attached hydrogens (tertiary/aromatic N) is 1. The standard InChI is InChI=1S/C17H21N3O6S/c1-3-4-9-26-14-5-7-15(8-6-14)27(24,25)19-17(10-16(22)18-23)11-20(12-17)13(2)21/h5-8,19,23H,9-12H2,1-2H3,(H,18,22). The van der Waals surface area contributed by atoms with E-state index < -0.39 is 21.5 Å². The van der Waals surface area contributed by atoms with Crippen molar-refractivity contribution in [2.75, 3.05) is 19.7 Å². The normalized spacial score (nSPS) is 15.1. The highest BCUT2D eigenvalue weighted by Gasteiger charge is 2.48. The zero-order valence-corrected chi connectivity index (χ0v) is 15.8. The van der Waals surface area contributed by atoms with Crippen LogP contribution in [0.5, 0.6) is 5.75 Å². The van der Waals surface area contributed by atoms with Gasteiger partial charge in [0.1, 0.15) is 12.4 Å². The second kappa shape index (κ2) is 8.39. The van der Waals surface area contributed by atoms with Gasteiger partial charge in [-0.05, 0) is 31.2 Å². The fourth-order valence-electron chi connectivity index (χ4n) is 2.72. The van der Waals surface area contributed by atoms with Crippen LogP contribution in [0.2, 0.25) is 0 Å². The number of rotatable bonds is 7. The van der Waals surface area contributed by atoms with Gasteiger partial charge in [-0.2, -0.15) is 0 Å². The number of carbonyl (C=O) groups is 2. The largest absolute Gasteiger partial charge is 0.481 e. The summed E-state index contributed by atoms with van der Waals surface area (Å²) in [6.45, 7) is 3.30. The van der Waals surface area contributed by atoms with Crippen molar-refractivity contribution in [1.82, 2.24) is 15.1 Å². The molecular weight excluding hydrogens is 374 g/mol. The van der Waals surface area contributed by atoms with Gasteiger partial charge in [-0.1, -0.05) is 5.92 Å². The van der Waals surface area contributed by atoms with Crippen LogP contribution in [-0.2, 0) is 19.6 Å². The molecule has 0 spiro atoms. The number of benzene rings is 1. The molecule has 0 bridgehead atoms. The fraction of sp³-hybridized carbons (Fsp3) is 0.412. The van der Waals surface area contributed by atoms with Gasteiger partial charge in [0.05, 0.1) is 16.9 Å². The zero-order chi connectivity index (χ0) is 20.1. The van der Waals surface area contributed by atoms with E-state index in [2.05, 4.69) is 16.6 Å². The number of sulfonamides is 1. The maximum atomic E-state index is 12.7. The monoisotopic (exact) mass is 395 g/mol. The Labute approximate surface area is 157 Å². The number of carbonyl (C=O) groups excluding carboxylic acids is 2. The van der Waals surface area contributed by atoms with E-state index in [1.54, 1.807) is 6.92 Å². The van der Waals surface area contributed by atoms with Crippen molar-refractivity contribution in [1.29, 1.82) is 0 Å². The fourth-order valence-corrected chi connectivity index (χ4v) is 4.10. The van der Waals surface area contributed by atoms with E-state index in [1.165, 1.54) is 41.6 Å². The number of likely N-dealkylation sites (tertiary alicyclic amines) is 1. The van der Waals surface area contributed by atoms with Gasteiger partial charge in [-0.25, -0.2) is 18.6 Å². The van der Waals surface area contributed by atoms with Crippen molar-refractivity contribution >= 4 is 21.8 Å². The quantitative estimate of drug-likeness (QED) is 0.335. The van der Waals surface area contributed by atoms with Crippen LogP contribution in [0.25, 0.3) is 0 Å². The van der Waals surface area contributed by atoms with Gasteiger partial charge in [-0.3, -0.25) is 14.8 Å². The molecule has 1 aliphatic heterocycles. The lowest BCUT2D eigenvalue weighted by Crippen LogP contribution is -2.71. The average Bonchev–Trinajstić information content (AvgIpc) is 2.59. The molecule has 0 unspecified atom stereocenters. The first kappa shape index (κ1) is 20.7. The third-order valence-electron chi connectivity index (χ3n) is 4.03. The van der Waals surface area contributed by atoms with Crippen LogP contribution in [0.3, 0.4) is 0 Å². The van der Waals surface area contributed by atoms with Gasteiger partial charge in [0.2, 0.25) is 21.8 Å². The molecule has 1 aromatic rings. The summed E-state index contributed by atoms with van der Waals surface area (Å²) in [5.41, 5.74) is 0.308. The van der Waals surface area contributed by atoms with Crippen molar-refractivity contribution in [3.8, 4) is 17.6 Å². The molecule has 0 aliphatic carbocycles. The number of hydroxylamine groups is 1. The van der Waals surface area contributed by atoms with Gasteiger partial charge in [0.25, 0.3) is 0 Å². The first-order valence-electron chi connectivity index (χ1n) is 8.06. The van der Waals surface area contributed by atoms with Gasteiger partial charge >= 0.3 is 0 Å². The molecule has 1 aliphatic rings. The van der Waals surface area contributed by atoms with E-state index in [-0.39, 0.29) is 36.9 Å². The molecule has 0 atom stereocenters. The van der Waals surface area contributed by atoms with Gasteiger partial charge < -0.3 is 9.64 Å². The molecule has 1 fully saturated rings. The lowest BCUT2D eigenvalue weighted by Gasteiger charge is -2.49. The molecule has 27 heavy (non-hydrogen) atoms. The first-order valence-corrected chi connectivity index (χ1v) is 9.54. The lowest BCUT2D eigenvalue weighted by atomic mass is 9.87. The Morgan fingerprint density at radius 3 is 2.44 bits per heavy atom. The summed E-state index contributed by atoms with van der Waals surface area (Å²) < 4.78 is 33.2. The molecule has 1 aromatic carbocycles. The summed E-state index contributed by atoms with van der Waals surface area (Å²) in [5.74, 6) is 4.91. The van der Waals surface area contributed by atoms with Crippen LogP contribution in [0.1, 0.15) is 20.3 Å². The first-order chi connectivity index (χ1) is 12.7. The molecule has 0 radical (unpaired) electrons. The molecule has 0 saturated carbocycles. The van der Waals surface area contributed by atoms with Crippen LogP contribution in [0.15, 0.2) is 29.2 Å². The van der Waals surface area contributed by atoms with E-state index >= 15 is 0 Å². The highest BCUT2D eigenvalue weighted by Crippen LogP contribution is 2.28. The maximum absolute atomic E-state index is 12.7.